The standard InChI is InChI=1S/C4H9PS2.Na.H/c1-4(2)3-7-5-6;;/h4H,3H2,1-2H3;;/q;+1;-1. The van der Waals surface area contributed by atoms with Gasteiger partial charge >= 0.3 is 29.6 Å². The first kappa shape index (κ1) is 12.5. The molecule has 0 N–H and O–H groups in total. The van der Waals surface area contributed by atoms with Crippen LogP contribution in [0.1, 0.15) is 15.3 Å². The van der Waals surface area contributed by atoms with E-state index < -0.39 is 0 Å². The van der Waals surface area contributed by atoms with Crippen molar-refractivity contribution in [3.63, 3.8) is 0 Å². The van der Waals surface area contributed by atoms with Gasteiger partial charge in [0.05, 0.1) is 0 Å². The van der Waals surface area contributed by atoms with Gasteiger partial charge in [-0.1, -0.05) is 25.2 Å². The molecule has 0 radical (unpaired) electrons. The van der Waals surface area contributed by atoms with Crippen LogP contribution in [0.4, 0.5) is 0 Å². The van der Waals surface area contributed by atoms with Gasteiger partial charge in [0.2, 0.25) is 0 Å². The molecule has 0 saturated heterocycles. The van der Waals surface area contributed by atoms with Gasteiger partial charge in [0.15, 0.2) is 0 Å². The summed E-state index contributed by atoms with van der Waals surface area (Å²) >= 11 is 6.51. The van der Waals surface area contributed by atoms with Crippen molar-refractivity contribution >= 4 is 29.7 Å². The van der Waals surface area contributed by atoms with Gasteiger partial charge in [-0.25, -0.2) is 0 Å². The van der Waals surface area contributed by atoms with Gasteiger partial charge < -0.3 is 1.43 Å². The second-order valence-corrected chi connectivity index (χ2v) is 5.07. The smallest absolute Gasteiger partial charge is 1.00 e. The predicted molar refractivity (Wildman–Crippen MR) is 42.7 cm³/mol. The van der Waals surface area contributed by atoms with E-state index in [0.717, 1.165) is 12.5 Å². The van der Waals surface area contributed by atoms with E-state index in [1.165, 1.54) is 5.75 Å². The zero-order valence-electron chi connectivity index (χ0n) is 6.55. The second-order valence-electron chi connectivity index (χ2n) is 1.76. The number of hydrogen-bond acceptors (Lipinski definition) is 2. The minimum absolute atomic E-state index is 0. The Hall–Kier alpha value is 1.87. The summed E-state index contributed by atoms with van der Waals surface area (Å²) in [7, 11) is 0. The molecule has 0 rings (SSSR count). The monoisotopic (exact) mass is 176 g/mol. The quantitative estimate of drug-likeness (QED) is 0.432. The van der Waals surface area contributed by atoms with Gasteiger partial charge in [0.1, 0.15) is 0 Å². The molecule has 0 aromatic carbocycles. The molecule has 0 fully saturated rings. The maximum absolute atomic E-state index is 4.71. The van der Waals surface area contributed by atoms with Crippen LogP contribution in [0.25, 0.3) is 0 Å². The Kier molecular flexibility index (Phi) is 13.9. The SMILES string of the molecule is CC(C)CSP=S.[H-].[Na+]. The van der Waals surface area contributed by atoms with Crippen molar-refractivity contribution in [1.82, 2.24) is 0 Å². The molecule has 0 amide bonds. The van der Waals surface area contributed by atoms with Gasteiger partial charge in [0.25, 0.3) is 0 Å². The summed E-state index contributed by atoms with van der Waals surface area (Å²) < 4.78 is 0. The van der Waals surface area contributed by atoms with E-state index in [2.05, 4.69) is 13.8 Å². The van der Waals surface area contributed by atoms with Crippen molar-refractivity contribution in [2.24, 2.45) is 5.92 Å². The Bertz CT molecular complexity index is 62.5. The van der Waals surface area contributed by atoms with Crippen LogP contribution in [0, 0.1) is 5.92 Å². The van der Waals surface area contributed by atoms with Crippen LogP contribution in [0.2, 0.25) is 0 Å². The average Bonchev–Trinajstić information content (AvgIpc) is 1.61. The van der Waals surface area contributed by atoms with Crippen LogP contribution >= 0.6 is 17.9 Å². The molecule has 0 aromatic heterocycles. The maximum Gasteiger partial charge on any atom is 1.00 e. The van der Waals surface area contributed by atoms with Crippen LogP contribution in [0.15, 0.2) is 0 Å². The third kappa shape index (κ3) is 10.8. The molecule has 0 aliphatic rings. The molecule has 0 heterocycles. The Morgan fingerprint density at radius 2 is 2.25 bits per heavy atom. The molecule has 0 saturated carbocycles. The fraction of sp³-hybridized carbons (Fsp3) is 1.00. The normalized spacial score (nSPS) is 9.38. The summed E-state index contributed by atoms with van der Waals surface area (Å²) in [4.78, 5) is 0. The summed E-state index contributed by atoms with van der Waals surface area (Å²) in [5, 5.41) is 0. The van der Waals surface area contributed by atoms with Crippen molar-refractivity contribution in [3.05, 3.63) is 0 Å². The fourth-order valence-corrected chi connectivity index (χ4v) is 2.16. The zero-order valence-corrected chi connectivity index (χ0v) is 10.1. The van der Waals surface area contributed by atoms with Crippen LogP contribution in [0.3, 0.4) is 0 Å². The summed E-state index contributed by atoms with van der Waals surface area (Å²) in [6.45, 7) is 5.44. The molecule has 0 aromatic rings. The van der Waals surface area contributed by atoms with Crippen LogP contribution < -0.4 is 29.6 Å². The van der Waals surface area contributed by atoms with Crippen LogP contribution in [-0.2, 0) is 11.8 Å². The van der Waals surface area contributed by atoms with E-state index in [4.69, 9.17) is 11.8 Å². The Morgan fingerprint density at radius 1 is 1.75 bits per heavy atom. The molecule has 0 aliphatic carbocycles. The van der Waals surface area contributed by atoms with Gasteiger partial charge in [-0.05, 0) is 17.7 Å². The van der Waals surface area contributed by atoms with E-state index in [1.54, 1.807) is 11.4 Å². The summed E-state index contributed by atoms with van der Waals surface area (Å²) in [6, 6.07) is 0. The molecule has 0 bridgehead atoms. The van der Waals surface area contributed by atoms with Gasteiger partial charge in [-0.3, -0.25) is 0 Å². The molecule has 44 valence electrons. The summed E-state index contributed by atoms with van der Waals surface area (Å²) in [5.41, 5.74) is 0. The second kappa shape index (κ2) is 8.87. The molecule has 0 aliphatic heterocycles. The Balaban J connectivity index is -0.000000180. The Morgan fingerprint density at radius 3 is 2.38 bits per heavy atom. The third-order valence-electron chi connectivity index (χ3n) is 0.461. The minimum Gasteiger partial charge on any atom is -1.00 e. The zero-order chi connectivity index (χ0) is 5.70. The largest absolute Gasteiger partial charge is 1.00 e. The van der Waals surface area contributed by atoms with Crippen molar-refractivity contribution in [2.75, 3.05) is 5.75 Å². The fourth-order valence-electron chi connectivity index (χ4n) is 0.180. The van der Waals surface area contributed by atoms with Crippen molar-refractivity contribution in [3.8, 4) is 0 Å². The molecular weight excluding hydrogens is 166 g/mol. The predicted octanol–water partition coefficient (Wildman–Crippen LogP) is -0.185. The maximum atomic E-state index is 4.71. The van der Waals surface area contributed by atoms with E-state index in [0.29, 0.717) is 0 Å². The molecule has 8 heavy (non-hydrogen) atoms. The van der Waals surface area contributed by atoms with Crippen molar-refractivity contribution < 1.29 is 31.0 Å². The van der Waals surface area contributed by atoms with Gasteiger partial charge in [-0.15, -0.1) is 0 Å². The molecular formula is C4H10NaPS2. The first-order valence-electron chi connectivity index (χ1n) is 2.22. The van der Waals surface area contributed by atoms with E-state index in [9.17, 15) is 0 Å². The molecule has 4 heteroatoms. The third-order valence-corrected chi connectivity index (χ3v) is 3.09. The van der Waals surface area contributed by atoms with E-state index in [-0.39, 0.29) is 31.0 Å². The summed E-state index contributed by atoms with van der Waals surface area (Å²) in [5.74, 6) is 1.99. The average molecular weight is 176 g/mol. The van der Waals surface area contributed by atoms with Crippen LogP contribution in [-0.4, -0.2) is 5.75 Å². The topological polar surface area (TPSA) is 0 Å². The van der Waals surface area contributed by atoms with Gasteiger partial charge in [-0.2, -0.15) is 0 Å². The first-order chi connectivity index (χ1) is 3.27. The minimum atomic E-state index is 0. The van der Waals surface area contributed by atoms with Gasteiger partial charge in [0, 0.05) is 12.3 Å². The summed E-state index contributed by atoms with van der Waals surface area (Å²) in [6.07, 6.45) is 0. The molecule has 0 unspecified atom stereocenters. The van der Waals surface area contributed by atoms with E-state index in [1.807, 2.05) is 0 Å². The first-order valence-corrected chi connectivity index (χ1v) is 5.72. The molecule has 0 spiro atoms. The van der Waals surface area contributed by atoms with Crippen LogP contribution in [0.5, 0.6) is 0 Å². The number of hydrogen-bond donors (Lipinski definition) is 0. The Labute approximate surface area is 85.6 Å². The molecule has 0 nitrogen and oxygen atoms in total. The molecule has 0 atom stereocenters. The van der Waals surface area contributed by atoms with E-state index >= 15 is 0 Å². The van der Waals surface area contributed by atoms with Crippen molar-refractivity contribution in [2.45, 2.75) is 13.8 Å². The number of rotatable bonds is 3. The van der Waals surface area contributed by atoms with Crippen molar-refractivity contribution in [1.29, 1.82) is 0 Å².